The number of rotatable bonds is 4. The number of carbonyl (C=O) groups is 1. The van der Waals surface area contributed by atoms with E-state index in [0.717, 1.165) is 25.9 Å². The van der Waals surface area contributed by atoms with E-state index in [1.54, 1.807) is 6.08 Å². The third-order valence-electron chi connectivity index (χ3n) is 4.50. The van der Waals surface area contributed by atoms with E-state index in [0.29, 0.717) is 18.6 Å². The molecular formula is C18H23NO2. The van der Waals surface area contributed by atoms with Gasteiger partial charge in [-0.05, 0) is 37.7 Å². The summed E-state index contributed by atoms with van der Waals surface area (Å²) in [5.41, 5.74) is 2.64. The Bertz CT molecular complexity index is 523. The predicted octanol–water partition coefficient (Wildman–Crippen LogP) is 3.16. The summed E-state index contributed by atoms with van der Waals surface area (Å²) in [5, 5.41) is 0. The fourth-order valence-electron chi connectivity index (χ4n) is 3.69. The fraction of sp³-hybridized carbons (Fsp3) is 0.500. The van der Waals surface area contributed by atoms with E-state index in [-0.39, 0.29) is 5.97 Å². The van der Waals surface area contributed by atoms with E-state index in [4.69, 9.17) is 4.74 Å². The zero-order chi connectivity index (χ0) is 14.7. The lowest BCUT2D eigenvalue weighted by atomic mass is 9.86. The minimum atomic E-state index is -0.177. The van der Waals surface area contributed by atoms with Gasteiger partial charge >= 0.3 is 5.97 Å². The topological polar surface area (TPSA) is 29.5 Å². The second-order valence-corrected chi connectivity index (χ2v) is 6.13. The van der Waals surface area contributed by atoms with Gasteiger partial charge in [-0.1, -0.05) is 35.9 Å². The molecule has 0 radical (unpaired) electrons. The van der Waals surface area contributed by atoms with Gasteiger partial charge in [-0.15, -0.1) is 0 Å². The van der Waals surface area contributed by atoms with Crippen LogP contribution in [0.1, 0.15) is 31.7 Å². The molecule has 1 heterocycles. The lowest BCUT2D eigenvalue weighted by molar-refractivity contribution is -0.137. The SMILES string of the molecule is CCOC(=O)/C=C1/CC2CC(C1)N(Cc1ccccc1)C2. The minimum Gasteiger partial charge on any atom is -0.463 e. The van der Waals surface area contributed by atoms with Gasteiger partial charge in [0.1, 0.15) is 0 Å². The Labute approximate surface area is 126 Å². The Hall–Kier alpha value is -1.61. The summed E-state index contributed by atoms with van der Waals surface area (Å²) >= 11 is 0. The highest BCUT2D eigenvalue weighted by Crippen LogP contribution is 2.39. The largest absolute Gasteiger partial charge is 0.463 e. The first kappa shape index (κ1) is 14.3. The van der Waals surface area contributed by atoms with Crippen molar-refractivity contribution in [1.29, 1.82) is 0 Å². The third-order valence-corrected chi connectivity index (χ3v) is 4.50. The van der Waals surface area contributed by atoms with Gasteiger partial charge in [0.15, 0.2) is 0 Å². The van der Waals surface area contributed by atoms with Crippen molar-refractivity contribution in [1.82, 2.24) is 4.90 Å². The number of carbonyl (C=O) groups excluding carboxylic acids is 1. The molecule has 21 heavy (non-hydrogen) atoms. The molecule has 3 heteroatoms. The lowest BCUT2D eigenvalue weighted by Gasteiger charge is -2.25. The molecule has 1 aliphatic heterocycles. The first-order valence-corrected chi connectivity index (χ1v) is 7.88. The highest BCUT2D eigenvalue weighted by molar-refractivity contribution is 5.82. The molecule has 112 valence electrons. The van der Waals surface area contributed by atoms with Gasteiger partial charge in [-0.2, -0.15) is 0 Å². The van der Waals surface area contributed by atoms with Crippen LogP contribution in [-0.4, -0.2) is 30.1 Å². The van der Waals surface area contributed by atoms with Crippen molar-refractivity contribution < 1.29 is 9.53 Å². The van der Waals surface area contributed by atoms with Crippen LogP contribution < -0.4 is 0 Å². The summed E-state index contributed by atoms with van der Waals surface area (Å²) in [6, 6.07) is 11.2. The number of fused-ring (bicyclic) bond motifs is 2. The van der Waals surface area contributed by atoms with Crippen molar-refractivity contribution in [2.75, 3.05) is 13.2 Å². The van der Waals surface area contributed by atoms with Gasteiger partial charge < -0.3 is 4.74 Å². The highest BCUT2D eigenvalue weighted by atomic mass is 16.5. The third kappa shape index (κ3) is 3.53. The second-order valence-electron chi connectivity index (χ2n) is 6.13. The highest BCUT2D eigenvalue weighted by Gasteiger charge is 2.37. The molecule has 1 aromatic carbocycles. The Morgan fingerprint density at radius 3 is 2.90 bits per heavy atom. The predicted molar refractivity (Wildman–Crippen MR) is 82.7 cm³/mol. The van der Waals surface area contributed by atoms with Gasteiger partial charge in [0.05, 0.1) is 6.61 Å². The molecule has 0 spiro atoms. The maximum absolute atomic E-state index is 11.6. The van der Waals surface area contributed by atoms with Gasteiger partial charge in [0.2, 0.25) is 0 Å². The first-order chi connectivity index (χ1) is 10.2. The number of ether oxygens (including phenoxy) is 1. The van der Waals surface area contributed by atoms with E-state index in [1.807, 2.05) is 6.92 Å². The van der Waals surface area contributed by atoms with Crippen molar-refractivity contribution in [3.8, 4) is 0 Å². The molecule has 2 aliphatic rings. The van der Waals surface area contributed by atoms with Crippen LogP contribution in [0.25, 0.3) is 0 Å². The standard InChI is InChI=1S/C18H23NO2/c1-2-21-18(20)11-15-8-16-10-17(9-15)19(13-16)12-14-6-4-3-5-7-14/h3-7,11,16-17H,2,8-10,12-13H2,1H3/b15-11-. The van der Waals surface area contributed by atoms with Gasteiger partial charge in [-0.25, -0.2) is 4.79 Å². The normalized spacial score (nSPS) is 27.0. The molecule has 0 aromatic heterocycles. The average molecular weight is 285 g/mol. The van der Waals surface area contributed by atoms with Crippen LogP contribution in [0, 0.1) is 5.92 Å². The van der Waals surface area contributed by atoms with Crippen molar-refractivity contribution in [3.63, 3.8) is 0 Å². The summed E-state index contributed by atoms with van der Waals surface area (Å²) in [6.07, 6.45) is 5.07. The van der Waals surface area contributed by atoms with Crippen LogP contribution in [0.5, 0.6) is 0 Å². The fourth-order valence-corrected chi connectivity index (χ4v) is 3.69. The molecule has 1 aliphatic carbocycles. The van der Waals surface area contributed by atoms with Gasteiger partial charge in [-0.3, -0.25) is 4.90 Å². The van der Waals surface area contributed by atoms with E-state index in [2.05, 4.69) is 35.2 Å². The van der Waals surface area contributed by atoms with Crippen LogP contribution in [0.2, 0.25) is 0 Å². The number of likely N-dealkylation sites (tertiary alicyclic amines) is 1. The molecule has 3 nitrogen and oxygen atoms in total. The molecule has 2 bridgehead atoms. The molecule has 2 atom stereocenters. The summed E-state index contributed by atoms with van der Waals surface area (Å²) in [4.78, 5) is 14.2. The van der Waals surface area contributed by atoms with Crippen LogP contribution >= 0.6 is 0 Å². The van der Waals surface area contributed by atoms with Crippen LogP contribution in [0.15, 0.2) is 42.0 Å². The number of hydrogen-bond donors (Lipinski definition) is 0. The zero-order valence-corrected chi connectivity index (χ0v) is 12.6. The summed E-state index contributed by atoms with van der Waals surface area (Å²) in [6.45, 7) is 4.48. The molecule has 2 fully saturated rings. The maximum atomic E-state index is 11.6. The first-order valence-electron chi connectivity index (χ1n) is 7.88. The van der Waals surface area contributed by atoms with Crippen molar-refractivity contribution >= 4 is 5.97 Å². The monoisotopic (exact) mass is 285 g/mol. The minimum absolute atomic E-state index is 0.177. The molecular weight excluding hydrogens is 262 g/mol. The van der Waals surface area contributed by atoms with Crippen LogP contribution in [0.4, 0.5) is 0 Å². The lowest BCUT2D eigenvalue weighted by Crippen LogP contribution is -2.28. The van der Waals surface area contributed by atoms with E-state index in [9.17, 15) is 4.79 Å². The van der Waals surface area contributed by atoms with Crippen molar-refractivity contribution in [2.45, 2.75) is 38.8 Å². The Morgan fingerprint density at radius 1 is 1.33 bits per heavy atom. The van der Waals surface area contributed by atoms with Crippen LogP contribution in [0.3, 0.4) is 0 Å². The molecule has 1 aromatic rings. The summed E-state index contributed by atoms with van der Waals surface area (Å²) in [5.74, 6) is 0.525. The number of benzene rings is 1. The van der Waals surface area contributed by atoms with Crippen molar-refractivity contribution in [3.05, 3.63) is 47.5 Å². The molecule has 0 amide bonds. The smallest absolute Gasteiger partial charge is 0.330 e. The average Bonchev–Trinajstić information content (AvgIpc) is 2.74. The Morgan fingerprint density at radius 2 is 2.14 bits per heavy atom. The van der Waals surface area contributed by atoms with E-state index < -0.39 is 0 Å². The van der Waals surface area contributed by atoms with E-state index in [1.165, 1.54) is 17.6 Å². The number of nitrogens with zero attached hydrogens (tertiary/aromatic N) is 1. The molecule has 3 rings (SSSR count). The van der Waals surface area contributed by atoms with Gasteiger partial charge in [0.25, 0.3) is 0 Å². The van der Waals surface area contributed by atoms with Crippen LogP contribution in [-0.2, 0) is 16.1 Å². The quantitative estimate of drug-likeness (QED) is 0.628. The van der Waals surface area contributed by atoms with Gasteiger partial charge in [0, 0.05) is 25.2 Å². The summed E-state index contributed by atoms with van der Waals surface area (Å²) in [7, 11) is 0. The van der Waals surface area contributed by atoms with E-state index >= 15 is 0 Å². The Kier molecular flexibility index (Phi) is 4.39. The summed E-state index contributed by atoms with van der Waals surface area (Å²) < 4.78 is 5.03. The molecule has 1 saturated carbocycles. The second kappa shape index (κ2) is 6.44. The molecule has 1 saturated heterocycles. The maximum Gasteiger partial charge on any atom is 0.330 e. The number of hydrogen-bond acceptors (Lipinski definition) is 3. The molecule has 2 unspecified atom stereocenters. The number of esters is 1. The zero-order valence-electron chi connectivity index (χ0n) is 12.6. The van der Waals surface area contributed by atoms with Crippen molar-refractivity contribution in [2.24, 2.45) is 5.92 Å². The molecule has 0 N–H and O–H groups in total. The Balaban J connectivity index is 1.64.